The van der Waals surface area contributed by atoms with Crippen molar-refractivity contribution in [1.29, 1.82) is 0 Å². The maximum absolute atomic E-state index is 12.5. The summed E-state index contributed by atoms with van der Waals surface area (Å²) in [4.78, 5) is 26.8. The minimum Gasteiger partial charge on any atom is -0.463 e. The number of nitrogens with zero attached hydrogens (tertiary/aromatic N) is 1. The van der Waals surface area contributed by atoms with Gasteiger partial charge in [0.25, 0.3) is 0 Å². The normalized spacial score (nSPS) is 40.8. The van der Waals surface area contributed by atoms with Crippen molar-refractivity contribution < 1.29 is 29.3 Å². The van der Waals surface area contributed by atoms with E-state index in [2.05, 4.69) is 0 Å². The molecule has 138 valence electrons. The standard InChI is InChI=1S/C18H25NO6/c1-4-11-7-10(2)18(3,23)17(22)24-9-12-5-6-19-8-13(25-16(11)21)15(20)14(12)19/h4,8,10,12,14-15,20,23H,5-7,9H2,1-3H3/b11-4+. The summed E-state index contributed by atoms with van der Waals surface area (Å²) < 4.78 is 10.8. The molecule has 7 nitrogen and oxygen atoms in total. The van der Waals surface area contributed by atoms with E-state index in [4.69, 9.17) is 9.47 Å². The number of cyclic esters (lactones) is 1. The van der Waals surface area contributed by atoms with Gasteiger partial charge in [0.05, 0.1) is 12.6 Å². The molecule has 2 bridgehead atoms. The summed E-state index contributed by atoms with van der Waals surface area (Å²) in [6.07, 6.45) is 3.26. The van der Waals surface area contributed by atoms with Crippen LogP contribution in [0.2, 0.25) is 0 Å². The summed E-state index contributed by atoms with van der Waals surface area (Å²) in [5, 5.41) is 21.1. The van der Waals surface area contributed by atoms with E-state index in [9.17, 15) is 19.8 Å². The van der Waals surface area contributed by atoms with E-state index in [0.717, 1.165) is 6.42 Å². The van der Waals surface area contributed by atoms with Crippen LogP contribution < -0.4 is 0 Å². The molecule has 2 fully saturated rings. The van der Waals surface area contributed by atoms with Crippen LogP contribution in [0.4, 0.5) is 0 Å². The number of carbonyl (C=O) groups excluding carboxylic acids is 2. The van der Waals surface area contributed by atoms with Crippen LogP contribution >= 0.6 is 0 Å². The molecule has 25 heavy (non-hydrogen) atoms. The first-order chi connectivity index (χ1) is 11.8. The Bertz CT molecular complexity index is 637. The fraction of sp³-hybridized carbons (Fsp3) is 0.667. The van der Waals surface area contributed by atoms with E-state index in [1.165, 1.54) is 6.92 Å². The van der Waals surface area contributed by atoms with Crippen molar-refractivity contribution in [1.82, 2.24) is 4.90 Å². The minimum absolute atomic E-state index is 0.0838. The Labute approximate surface area is 146 Å². The second-order valence-electron chi connectivity index (χ2n) is 7.31. The number of esters is 2. The number of aliphatic hydroxyl groups excluding tert-OH is 1. The Morgan fingerprint density at radius 3 is 2.80 bits per heavy atom. The zero-order valence-electron chi connectivity index (χ0n) is 14.8. The van der Waals surface area contributed by atoms with Crippen LogP contribution in [-0.4, -0.2) is 58.0 Å². The second kappa shape index (κ2) is 6.46. The third kappa shape index (κ3) is 3.06. The molecule has 3 rings (SSSR count). The van der Waals surface area contributed by atoms with Gasteiger partial charge < -0.3 is 24.6 Å². The zero-order chi connectivity index (χ0) is 18.4. The SMILES string of the molecule is C/C=C1\CC(C)C(C)(O)C(=O)OCC2CCN3C=C(OC1=O)C(O)C23. The van der Waals surface area contributed by atoms with E-state index in [1.54, 1.807) is 26.1 Å². The summed E-state index contributed by atoms with van der Waals surface area (Å²) in [6.45, 7) is 5.60. The van der Waals surface area contributed by atoms with E-state index in [-0.39, 0.29) is 30.7 Å². The van der Waals surface area contributed by atoms with Gasteiger partial charge >= 0.3 is 11.9 Å². The molecule has 3 aliphatic rings. The smallest absolute Gasteiger partial charge is 0.338 e. The number of aliphatic hydroxyl groups is 2. The van der Waals surface area contributed by atoms with Gasteiger partial charge in [-0.1, -0.05) is 13.0 Å². The lowest BCUT2D eigenvalue weighted by molar-refractivity contribution is -0.170. The first-order valence-corrected chi connectivity index (χ1v) is 8.68. The number of rotatable bonds is 0. The topological polar surface area (TPSA) is 96.3 Å². The molecule has 0 aromatic heterocycles. The van der Waals surface area contributed by atoms with Crippen molar-refractivity contribution in [3.8, 4) is 0 Å². The average molecular weight is 351 g/mol. The molecule has 7 heteroatoms. The average Bonchev–Trinajstić information content (AvgIpc) is 3.09. The molecule has 5 atom stereocenters. The van der Waals surface area contributed by atoms with Crippen LogP contribution in [0.25, 0.3) is 0 Å². The highest BCUT2D eigenvalue weighted by atomic mass is 16.6. The van der Waals surface area contributed by atoms with Gasteiger partial charge in [-0.25, -0.2) is 9.59 Å². The van der Waals surface area contributed by atoms with E-state index in [0.29, 0.717) is 12.1 Å². The van der Waals surface area contributed by atoms with Gasteiger partial charge in [0.1, 0.15) is 6.10 Å². The molecule has 5 unspecified atom stereocenters. The van der Waals surface area contributed by atoms with Crippen LogP contribution in [0.1, 0.15) is 33.6 Å². The molecule has 2 N–H and O–H groups in total. The summed E-state index contributed by atoms with van der Waals surface area (Å²) in [6, 6.07) is -0.284. The molecule has 3 heterocycles. The molecule has 3 aliphatic heterocycles. The Kier molecular flexibility index (Phi) is 4.64. The van der Waals surface area contributed by atoms with Crippen molar-refractivity contribution in [3.63, 3.8) is 0 Å². The summed E-state index contributed by atoms with van der Waals surface area (Å²) in [5.74, 6) is -1.66. The second-order valence-corrected chi connectivity index (χ2v) is 7.31. The Morgan fingerprint density at radius 2 is 2.12 bits per heavy atom. The number of fused-ring (bicyclic) bond motifs is 1. The van der Waals surface area contributed by atoms with Gasteiger partial charge in [0.15, 0.2) is 11.4 Å². The molecular weight excluding hydrogens is 326 g/mol. The highest BCUT2D eigenvalue weighted by Crippen LogP contribution is 2.37. The number of carbonyl (C=O) groups is 2. The van der Waals surface area contributed by atoms with Crippen molar-refractivity contribution in [3.05, 3.63) is 23.6 Å². The number of hydrogen-bond donors (Lipinski definition) is 2. The minimum atomic E-state index is -1.71. The van der Waals surface area contributed by atoms with Crippen molar-refractivity contribution in [2.24, 2.45) is 11.8 Å². The monoisotopic (exact) mass is 351 g/mol. The highest BCUT2D eigenvalue weighted by Gasteiger charge is 2.47. The van der Waals surface area contributed by atoms with Gasteiger partial charge in [-0.2, -0.15) is 0 Å². The van der Waals surface area contributed by atoms with Crippen molar-refractivity contribution in [2.45, 2.75) is 51.4 Å². The summed E-state index contributed by atoms with van der Waals surface area (Å²) >= 11 is 0. The lowest BCUT2D eigenvalue weighted by atomic mass is 9.85. The lowest BCUT2D eigenvalue weighted by Gasteiger charge is -2.29. The summed E-state index contributed by atoms with van der Waals surface area (Å²) in [7, 11) is 0. The van der Waals surface area contributed by atoms with E-state index in [1.807, 2.05) is 4.90 Å². The number of allylic oxidation sites excluding steroid dienone is 1. The van der Waals surface area contributed by atoms with E-state index < -0.39 is 29.6 Å². The largest absolute Gasteiger partial charge is 0.463 e. The summed E-state index contributed by atoms with van der Waals surface area (Å²) in [5.41, 5.74) is -1.37. The third-order valence-corrected chi connectivity index (χ3v) is 5.68. The van der Waals surface area contributed by atoms with Gasteiger partial charge in [-0.3, -0.25) is 0 Å². The molecule has 0 saturated carbocycles. The van der Waals surface area contributed by atoms with Crippen molar-refractivity contribution >= 4 is 11.9 Å². The Balaban J connectivity index is 1.93. The number of ether oxygens (including phenoxy) is 2. The predicted molar refractivity (Wildman–Crippen MR) is 87.9 cm³/mol. The molecule has 0 aliphatic carbocycles. The molecule has 2 saturated heterocycles. The highest BCUT2D eigenvalue weighted by molar-refractivity contribution is 5.89. The van der Waals surface area contributed by atoms with Crippen LogP contribution in [-0.2, 0) is 19.1 Å². The third-order valence-electron chi connectivity index (χ3n) is 5.68. The molecule has 0 amide bonds. The first-order valence-electron chi connectivity index (χ1n) is 8.68. The number of hydrogen-bond acceptors (Lipinski definition) is 7. The van der Waals surface area contributed by atoms with Crippen molar-refractivity contribution in [2.75, 3.05) is 13.2 Å². The van der Waals surface area contributed by atoms with Crippen LogP contribution in [0.15, 0.2) is 23.6 Å². The molecular formula is C18H25NO6. The lowest BCUT2D eigenvalue weighted by Crippen LogP contribution is -2.44. The van der Waals surface area contributed by atoms with Crippen LogP contribution in [0.5, 0.6) is 0 Å². The quantitative estimate of drug-likeness (QED) is 0.490. The fourth-order valence-electron chi connectivity index (χ4n) is 3.72. The Morgan fingerprint density at radius 1 is 1.40 bits per heavy atom. The molecule has 0 radical (unpaired) electrons. The fourth-order valence-corrected chi connectivity index (χ4v) is 3.72. The van der Waals surface area contributed by atoms with Gasteiger partial charge in [0, 0.05) is 24.2 Å². The molecule has 0 aromatic rings. The Hall–Kier alpha value is -1.86. The van der Waals surface area contributed by atoms with E-state index >= 15 is 0 Å². The maximum Gasteiger partial charge on any atom is 0.338 e. The predicted octanol–water partition coefficient (Wildman–Crippen LogP) is 0.716. The van der Waals surface area contributed by atoms with Gasteiger partial charge in [-0.15, -0.1) is 0 Å². The zero-order valence-corrected chi connectivity index (χ0v) is 14.8. The molecule has 0 aromatic carbocycles. The van der Waals surface area contributed by atoms with Gasteiger partial charge in [0.2, 0.25) is 0 Å². The van der Waals surface area contributed by atoms with Gasteiger partial charge in [-0.05, 0) is 32.6 Å². The van der Waals surface area contributed by atoms with Crippen LogP contribution in [0, 0.1) is 11.8 Å². The van der Waals surface area contributed by atoms with Crippen LogP contribution in [0.3, 0.4) is 0 Å². The maximum atomic E-state index is 12.5. The first kappa shape index (κ1) is 17.9. The molecule has 0 spiro atoms.